The van der Waals surface area contributed by atoms with Gasteiger partial charge in [0.1, 0.15) is 5.82 Å². The average molecular weight is 326 g/mol. The summed E-state index contributed by atoms with van der Waals surface area (Å²) in [5, 5.41) is 0. The molecule has 0 aliphatic carbocycles. The minimum atomic E-state index is -0.274. The third kappa shape index (κ3) is 2.67. The molecule has 2 saturated heterocycles. The van der Waals surface area contributed by atoms with Gasteiger partial charge in [-0.1, -0.05) is 6.07 Å². The molecule has 2 fully saturated rings. The Kier molecular flexibility index (Phi) is 3.78. The summed E-state index contributed by atoms with van der Waals surface area (Å²) in [5.41, 5.74) is 0.130. The van der Waals surface area contributed by atoms with Crippen molar-refractivity contribution in [2.24, 2.45) is 0 Å². The molecule has 0 radical (unpaired) electrons. The van der Waals surface area contributed by atoms with Gasteiger partial charge in [0.15, 0.2) is 0 Å². The summed E-state index contributed by atoms with van der Waals surface area (Å²) in [6.45, 7) is 2.46. The number of pyridine rings is 2. The summed E-state index contributed by atoms with van der Waals surface area (Å²) in [4.78, 5) is 35.0. The predicted molar refractivity (Wildman–Crippen MR) is 88.1 cm³/mol. The van der Waals surface area contributed by atoms with Crippen LogP contribution >= 0.6 is 0 Å². The lowest BCUT2D eigenvalue weighted by Crippen LogP contribution is -2.51. The number of amides is 1. The second-order valence-corrected chi connectivity index (χ2v) is 6.01. The number of aromatic nitrogens is 2. The van der Waals surface area contributed by atoms with Crippen molar-refractivity contribution >= 4 is 11.7 Å². The summed E-state index contributed by atoms with van der Waals surface area (Å²) in [6, 6.07) is 8.87. The number of rotatable bonds is 2. The predicted octanol–water partition coefficient (Wildman–Crippen LogP) is 0.500. The van der Waals surface area contributed by atoms with Crippen LogP contribution in [0.4, 0.5) is 5.82 Å². The first-order valence-corrected chi connectivity index (χ1v) is 8.00. The van der Waals surface area contributed by atoms with Gasteiger partial charge in [0.2, 0.25) is 5.56 Å². The standard InChI is InChI=1S/C17H18N4O3/c22-16-9-12(4-6-19-16)17(23)20-10-13-14(11-20)24-8-7-21(13)15-3-1-2-5-18-15/h1-6,9,13-14H,7-8,10-11H2,(H,19,22)/t13-,14-/m0/s1. The number of carbonyl (C=O) groups excluding carboxylic acids is 1. The largest absolute Gasteiger partial charge is 0.372 e. The van der Waals surface area contributed by atoms with Crippen molar-refractivity contribution in [2.45, 2.75) is 12.1 Å². The number of ether oxygens (including phenoxy) is 1. The zero-order chi connectivity index (χ0) is 16.5. The van der Waals surface area contributed by atoms with Crippen LogP contribution in [0.2, 0.25) is 0 Å². The van der Waals surface area contributed by atoms with E-state index in [0.717, 1.165) is 12.4 Å². The Bertz CT molecular complexity index is 792. The molecule has 2 aromatic heterocycles. The van der Waals surface area contributed by atoms with Crippen LogP contribution in [-0.4, -0.2) is 59.2 Å². The summed E-state index contributed by atoms with van der Waals surface area (Å²) in [7, 11) is 0. The number of carbonyl (C=O) groups is 1. The maximum absolute atomic E-state index is 12.7. The molecule has 4 rings (SSSR count). The second-order valence-electron chi connectivity index (χ2n) is 6.01. The van der Waals surface area contributed by atoms with E-state index in [4.69, 9.17) is 4.74 Å². The molecule has 7 heteroatoms. The van der Waals surface area contributed by atoms with Crippen LogP contribution in [0.1, 0.15) is 10.4 Å². The van der Waals surface area contributed by atoms with E-state index in [-0.39, 0.29) is 23.6 Å². The number of nitrogens with zero attached hydrogens (tertiary/aromatic N) is 3. The van der Waals surface area contributed by atoms with Gasteiger partial charge in [-0.05, 0) is 18.2 Å². The Balaban J connectivity index is 1.56. The molecule has 1 amide bonds. The lowest BCUT2D eigenvalue weighted by molar-refractivity contribution is 0.0299. The van der Waals surface area contributed by atoms with Gasteiger partial charge in [-0.3, -0.25) is 9.59 Å². The number of morpholine rings is 1. The minimum Gasteiger partial charge on any atom is -0.372 e. The molecule has 124 valence electrons. The molecule has 2 atom stereocenters. The van der Waals surface area contributed by atoms with Gasteiger partial charge in [0, 0.05) is 43.7 Å². The van der Waals surface area contributed by atoms with Gasteiger partial charge in [-0.15, -0.1) is 0 Å². The number of hydrogen-bond acceptors (Lipinski definition) is 5. The number of anilines is 1. The summed E-state index contributed by atoms with van der Waals surface area (Å²) in [5.74, 6) is 0.765. The quantitative estimate of drug-likeness (QED) is 0.869. The molecule has 2 aromatic rings. The molecular formula is C17H18N4O3. The highest BCUT2D eigenvalue weighted by atomic mass is 16.5. The van der Waals surface area contributed by atoms with E-state index in [9.17, 15) is 9.59 Å². The Morgan fingerprint density at radius 1 is 1.29 bits per heavy atom. The number of aromatic amines is 1. The Hall–Kier alpha value is -2.67. The van der Waals surface area contributed by atoms with E-state index in [1.165, 1.54) is 12.3 Å². The SMILES string of the molecule is O=C(c1cc[nH]c(=O)c1)N1C[C@@H]2OCCN(c3ccccn3)[C@H]2C1. The number of H-pyrrole nitrogens is 1. The van der Waals surface area contributed by atoms with Gasteiger partial charge in [-0.2, -0.15) is 0 Å². The van der Waals surface area contributed by atoms with Crippen molar-refractivity contribution < 1.29 is 9.53 Å². The summed E-state index contributed by atoms with van der Waals surface area (Å²) < 4.78 is 5.86. The molecule has 0 saturated carbocycles. The minimum absolute atomic E-state index is 0.0355. The average Bonchev–Trinajstić information content (AvgIpc) is 3.06. The van der Waals surface area contributed by atoms with Crippen molar-refractivity contribution in [3.05, 3.63) is 58.6 Å². The Morgan fingerprint density at radius 2 is 2.21 bits per heavy atom. The van der Waals surface area contributed by atoms with Crippen molar-refractivity contribution in [3.8, 4) is 0 Å². The fourth-order valence-electron chi connectivity index (χ4n) is 3.42. The first-order chi connectivity index (χ1) is 11.7. The fourth-order valence-corrected chi connectivity index (χ4v) is 3.42. The van der Waals surface area contributed by atoms with E-state index in [1.807, 2.05) is 18.2 Å². The molecule has 24 heavy (non-hydrogen) atoms. The van der Waals surface area contributed by atoms with Crippen LogP contribution in [-0.2, 0) is 4.74 Å². The number of fused-ring (bicyclic) bond motifs is 1. The number of likely N-dealkylation sites (tertiary alicyclic amines) is 1. The van der Waals surface area contributed by atoms with E-state index in [0.29, 0.717) is 25.3 Å². The molecule has 2 aliphatic rings. The number of hydrogen-bond donors (Lipinski definition) is 1. The van der Waals surface area contributed by atoms with E-state index in [2.05, 4.69) is 14.9 Å². The maximum Gasteiger partial charge on any atom is 0.254 e. The smallest absolute Gasteiger partial charge is 0.254 e. The zero-order valence-electron chi connectivity index (χ0n) is 13.1. The van der Waals surface area contributed by atoms with E-state index < -0.39 is 0 Å². The van der Waals surface area contributed by atoms with Gasteiger partial charge >= 0.3 is 0 Å². The molecule has 0 spiro atoms. The van der Waals surface area contributed by atoms with Gasteiger partial charge in [0.25, 0.3) is 5.91 Å². The zero-order valence-corrected chi connectivity index (χ0v) is 13.1. The third-order valence-corrected chi connectivity index (χ3v) is 4.55. The van der Waals surface area contributed by atoms with Crippen molar-refractivity contribution in [3.63, 3.8) is 0 Å². The first-order valence-electron chi connectivity index (χ1n) is 8.00. The van der Waals surface area contributed by atoms with Crippen LogP contribution in [0, 0.1) is 0 Å². The molecule has 7 nitrogen and oxygen atoms in total. The third-order valence-electron chi connectivity index (χ3n) is 4.55. The van der Waals surface area contributed by atoms with E-state index >= 15 is 0 Å². The van der Waals surface area contributed by atoms with Gasteiger partial charge < -0.3 is 19.5 Å². The number of nitrogens with one attached hydrogen (secondary N) is 1. The Morgan fingerprint density at radius 3 is 3.00 bits per heavy atom. The van der Waals surface area contributed by atoms with Gasteiger partial charge in [-0.25, -0.2) is 4.98 Å². The monoisotopic (exact) mass is 326 g/mol. The van der Waals surface area contributed by atoms with Crippen LogP contribution in [0.5, 0.6) is 0 Å². The second kappa shape index (κ2) is 6.09. The summed E-state index contributed by atoms with van der Waals surface area (Å²) in [6.07, 6.45) is 3.23. The molecule has 0 unspecified atom stereocenters. The molecule has 0 bridgehead atoms. The maximum atomic E-state index is 12.7. The molecule has 2 aliphatic heterocycles. The molecule has 1 N–H and O–H groups in total. The van der Waals surface area contributed by atoms with Crippen molar-refractivity contribution in [1.29, 1.82) is 0 Å². The van der Waals surface area contributed by atoms with Gasteiger partial charge in [0.05, 0.1) is 18.8 Å². The summed E-state index contributed by atoms with van der Waals surface area (Å²) >= 11 is 0. The van der Waals surface area contributed by atoms with Crippen molar-refractivity contribution in [2.75, 3.05) is 31.1 Å². The fraction of sp³-hybridized carbons (Fsp3) is 0.353. The normalized spacial score (nSPS) is 23.2. The van der Waals surface area contributed by atoms with E-state index in [1.54, 1.807) is 17.2 Å². The lowest BCUT2D eigenvalue weighted by atomic mass is 10.1. The van der Waals surface area contributed by atoms with Crippen LogP contribution < -0.4 is 10.5 Å². The Labute approximate surface area is 138 Å². The molecular weight excluding hydrogens is 308 g/mol. The van der Waals surface area contributed by atoms with Crippen LogP contribution in [0.3, 0.4) is 0 Å². The highest BCUT2D eigenvalue weighted by Gasteiger charge is 2.42. The highest BCUT2D eigenvalue weighted by Crippen LogP contribution is 2.27. The van der Waals surface area contributed by atoms with Crippen molar-refractivity contribution in [1.82, 2.24) is 14.9 Å². The molecule has 4 heterocycles. The van der Waals surface area contributed by atoms with Crippen LogP contribution in [0.15, 0.2) is 47.5 Å². The van der Waals surface area contributed by atoms with Crippen LogP contribution in [0.25, 0.3) is 0 Å². The highest BCUT2D eigenvalue weighted by molar-refractivity contribution is 5.94. The topological polar surface area (TPSA) is 78.5 Å². The lowest BCUT2D eigenvalue weighted by Gasteiger charge is -2.37. The first kappa shape index (κ1) is 14.9. The molecule has 0 aromatic carbocycles.